The number of nitrogens with one attached hydrogen (secondary N) is 2. The second kappa shape index (κ2) is 12.8. The van der Waals surface area contributed by atoms with Crippen molar-refractivity contribution in [3.05, 3.63) is 91.6 Å². The van der Waals surface area contributed by atoms with Crippen LogP contribution in [0, 0.1) is 20.8 Å². The van der Waals surface area contributed by atoms with Gasteiger partial charge in [0.1, 0.15) is 0 Å². The Morgan fingerprint density at radius 3 is 2.46 bits per heavy atom. The Bertz CT molecular complexity index is 1350. The van der Waals surface area contributed by atoms with Crippen LogP contribution in [0.1, 0.15) is 71.2 Å². The largest absolute Gasteiger partial charge is 0.369 e. The lowest BCUT2D eigenvalue weighted by Gasteiger charge is -2.41. The number of carbonyl (C=O) groups excluding carboxylic acids is 1. The fourth-order valence-corrected chi connectivity index (χ4v) is 6.08. The zero-order valence-corrected chi connectivity index (χ0v) is 24.4. The molecule has 0 aliphatic heterocycles. The van der Waals surface area contributed by atoms with E-state index in [4.69, 9.17) is 11.6 Å². The van der Waals surface area contributed by atoms with E-state index in [9.17, 15) is 9.59 Å². The van der Waals surface area contributed by atoms with Crippen molar-refractivity contribution in [3.63, 3.8) is 0 Å². The molecule has 0 saturated heterocycles. The first-order valence-electron chi connectivity index (χ1n) is 13.8. The summed E-state index contributed by atoms with van der Waals surface area (Å²) in [6.07, 6.45) is 6.23. The second-order valence-corrected chi connectivity index (χ2v) is 11.1. The number of pyridine rings is 2. The molecule has 0 radical (unpaired) electrons. The molecule has 7 nitrogen and oxygen atoms in total. The van der Waals surface area contributed by atoms with E-state index in [-0.39, 0.29) is 17.9 Å². The van der Waals surface area contributed by atoms with E-state index < -0.39 is 0 Å². The second-order valence-electron chi connectivity index (χ2n) is 10.7. The number of amides is 1. The molecule has 4 rings (SSSR count). The van der Waals surface area contributed by atoms with E-state index in [1.54, 1.807) is 12.1 Å². The van der Waals surface area contributed by atoms with Crippen LogP contribution in [0.2, 0.25) is 5.02 Å². The number of halogens is 1. The number of aryl methyl sites for hydroxylation is 2. The Morgan fingerprint density at radius 2 is 1.82 bits per heavy atom. The van der Waals surface area contributed by atoms with E-state index in [1.807, 2.05) is 45.2 Å². The van der Waals surface area contributed by atoms with Crippen LogP contribution in [0.5, 0.6) is 0 Å². The number of H-pyrrole nitrogens is 1. The molecule has 0 spiro atoms. The van der Waals surface area contributed by atoms with E-state index in [2.05, 4.69) is 45.1 Å². The van der Waals surface area contributed by atoms with E-state index >= 15 is 0 Å². The highest BCUT2D eigenvalue weighted by Crippen LogP contribution is 2.34. The van der Waals surface area contributed by atoms with Gasteiger partial charge in [0, 0.05) is 77.2 Å². The molecule has 0 unspecified atom stereocenters. The number of nitrogens with zero attached hydrogens (tertiary/aromatic N) is 3. The van der Waals surface area contributed by atoms with E-state index in [0.717, 1.165) is 67.1 Å². The highest BCUT2D eigenvalue weighted by molar-refractivity contribution is 6.31. The Morgan fingerprint density at radius 1 is 1.10 bits per heavy atom. The topological polar surface area (TPSA) is 81.3 Å². The highest BCUT2D eigenvalue weighted by Gasteiger charge is 2.29. The molecule has 1 amide bonds. The van der Waals surface area contributed by atoms with Crippen LogP contribution in [0.15, 0.2) is 47.4 Å². The highest BCUT2D eigenvalue weighted by atomic mass is 35.5. The molecule has 0 atom stereocenters. The summed E-state index contributed by atoms with van der Waals surface area (Å²) in [5, 5.41) is 3.47. The van der Waals surface area contributed by atoms with Crippen molar-refractivity contribution in [2.24, 2.45) is 0 Å². The molecular weight excluding hydrogens is 510 g/mol. The lowest BCUT2D eigenvalue weighted by Crippen LogP contribution is -2.43. The number of benzene rings is 1. The zero-order chi connectivity index (χ0) is 28.1. The van der Waals surface area contributed by atoms with E-state index in [1.165, 1.54) is 0 Å². The molecule has 2 N–H and O–H groups in total. The molecule has 1 saturated carbocycles. The van der Waals surface area contributed by atoms with Crippen molar-refractivity contribution in [1.82, 2.24) is 20.2 Å². The Labute approximate surface area is 236 Å². The molecule has 208 valence electrons. The number of hydrogen-bond acceptors (Lipinski definition) is 5. The Balaban J connectivity index is 1.45. The fourth-order valence-electron chi connectivity index (χ4n) is 5.87. The maximum absolute atomic E-state index is 13.3. The monoisotopic (exact) mass is 549 g/mol. The minimum atomic E-state index is -0.230. The molecule has 8 heteroatoms. The smallest absolute Gasteiger partial charge is 0.251 e. The normalized spacial score (nSPS) is 17.3. The van der Waals surface area contributed by atoms with Crippen LogP contribution in [-0.2, 0) is 13.1 Å². The molecule has 1 aromatic carbocycles. The van der Waals surface area contributed by atoms with Crippen molar-refractivity contribution in [2.75, 3.05) is 18.5 Å². The first-order chi connectivity index (χ1) is 18.7. The molecule has 0 bridgehead atoms. The van der Waals surface area contributed by atoms with Gasteiger partial charge in [-0.15, -0.1) is 0 Å². The summed E-state index contributed by atoms with van der Waals surface area (Å²) in [6, 6.07) is 12.2. The molecule has 3 aromatic rings. The molecule has 2 heterocycles. The van der Waals surface area contributed by atoms with Crippen molar-refractivity contribution in [3.8, 4) is 0 Å². The Kier molecular flexibility index (Phi) is 9.46. The summed E-state index contributed by atoms with van der Waals surface area (Å²) < 4.78 is 0. The molecule has 1 fully saturated rings. The van der Waals surface area contributed by atoms with Gasteiger partial charge in [-0.05, 0) is 90.3 Å². The Hall–Kier alpha value is -3.16. The van der Waals surface area contributed by atoms with Crippen LogP contribution in [0.4, 0.5) is 5.69 Å². The van der Waals surface area contributed by atoms with Gasteiger partial charge in [-0.3, -0.25) is 19.5 Å². The third-order valence-corrected chi connectivity index (χ3v) is 8.23. The van der Waals surface area contributed by atoms with Gasteiger partial charge in [0.2, 0.25) is 0 Å². The first-order valence-corrected chi connectivity index (χ1v) is 14.2. The first kappa shape index (κ1) is 28.8. The number of rotatable bonds is 9. The van der Waals surface area contributed by atoms with Gasteiger partial charge >= 0.3 is 0 Å². The van der Waals surface area contributed by atoms with Gasteiger partial charge in [-0.25, -0.2) is 0 Å². The summed E-state index contributed by atoms with van der Waals surface area (Å²) in [5.74, 6) is -0.230. The maximum atomic E-state index is 13.3. The molecule has 1 aliphatic carbocycles. The summed E-state index contributed by atoms with van der Waals surface area (Å²) in [6.45, 7) is 9.69. The van der Waals surface area contributed by atoms with Gasteiger partial charge in [0.25, 0.3) is 5.91 Å². The molecule has 39 heavy (non-hydrogen) atoms. The van der Waals surface area contributed by atoms with Gasteiger partial charge in [0.05, 0.1) is 5.69 Å². The van der Waals surface area contributed by atoms with Crippen LogP contribution in [-0.4, -0.2) is 46.5 Å². The number of anilines is 1. The SMILES string of the molecule is CCN(c1cc(Cl)cc(C(=O)NCc2c(C)[nH]c(C)cc2=O)c1C)[C@H]1CC[C@H](N(C)Cc2ccccn2)CC1. The van der Waals surface area contributed by atoms with Crippen molar-refractivity contribution < 1.29 is 4.79 Å². The third-order valence-electron chi connectivity index (χ3n) is 8.02. The van der Waals surface area contributed by atoms with Crippen LogP contribution < -0.4 is 15.6 Å². The predicted octanol–water partition coefficient (Wildman–Crippen LogP) is 5.55. The van der Waals surface area contributed by atoms with Crippen molar-refractivity contribution in [2.45, 2.75) is 78.6 Å². The van der Waals surface area contributed by atoms with Crippen molar-refractivity contribution >= 4 is 23.2 Å². The summed E-state index contributed by atoms with van der Waals surface area (Å²) in [7, 11) is 2.19. The van der Waals surface area contributed by atoms with Gasteiger partial charge in [-0.1, -0.05) is 17.7 Å². The maximum Gasteiger partial charge on any atom is 0.251 e. The average molecular weight is 550 g/mol. The lowest BCUT2D eigenvalue weighted by molar-refractivity contribution is 0.0950. The summed E-state index contributed by atoms with van der Waals surface area (Å²) >= 11 is 6.56. The minimum absolute atomic E-state index is 0.0778. The predicted molar refractivity (Wildman–Crippen MR) is 159 cm³/mol. The van der Waals surface area contributed by atoms with Crippen molar-refractivity contribution in [1.29, 1.82) is 0 Å². The van der Waals surface area contributed by atoms with Crippen LogP contribution in [0.3, 0.4) is 0 Å². The van der Waals surface area contributed by atoms with Gasteiger partial charge in [-0.2, -0.15) is 0 Å². The number of aromatic amines is 1. The van der Waals surface area contributed by atoms with Gasteiger partial charge in [0.15, 0.2) is 5.43 Å². The average Bonchev–Trinajstić information content (AvgIpc) is 2.91. The quantitative estimate of drug-likeness (QED) is 0.366. The number of carbonyl (C=O) groups is 1. The standard InChI is InChI=1S/C31H40ClN5O2/c1-6-37(26-12-10-25(11-13-26)36(5)19-24-9-7-8-14-33-24)29-17-23(32)16-27(21(29)3)31(39)34-18-28-22(4)35-20(2)15-30(28)38/h7-9,14-17,25-26H,6,10-13,18-19H2,1-5H3,(H,34,39)(H,35,38)/t25-,26-. The molecule has 2 aromatic heterocycles. The molecular formula is C31H40ClN5O2. The lowest BCUT2D eigenvalue weighted by atomic mass is 9.88. The van der Waals surface area contributed by atoms with E-state index in [0.29, 0.717) is 28.2 Å². The fraction of sp³-hybridized carbons (Fsp3) is 0.452. The van der Waals surface area contributed by atoms with Crippen LogP contribution in [0.25, 0.3) is 0 Å². The van der Waals surface area contributed by atoms with Crippen LogP contribution >= 0.6 is 11.6 Å². The summed E-state index contributed by atoms with van der Waals surface area (Å²) in [5.41, 5.74) is 5.60. The number of aromatic nitrogens is 2. The summed E-state index contributed by atoms with van der Waals surface area (Å²) in [4.78, 5) is 38.2. The molecule has 1 aliphatic rings. The van der Waals surface area contributed by atoms with Gasteiger partial charge < -0.3 is 15.2 Å². The number of hydrogen-bond donors (Lipinski definition) is 2. The third kappa shape index (κ3) is 6.89. The minimum Gasteiger partial charge on any atom is -0.369 e. The zero-order valence-electron chi connectivity index (χ0n) is 23.7.